The standard InChI is InChI=1S/C18H21N3O2/c1-13-3-2-4-14(11-13)12-17(22)19-9-10-21-18(23)8-7-16(20-21)15-5-6-15/h2-4,7-8,11,15H,5-6,9-10,12H2,1H3,(H,19,22). The van der Waals surface area contributed by atoms with Crippen molar-refractivity contribution in [1.82, 2.24) is 15.1 Å². The summed E-state index contributed by atoms with van der Waals surface area (Å²) in [6.45, 7) is 2.82. The molecule has 5 heteroatoms. The molecule has 0 radical (unpaired) electrons. The van der Waals surface area contributed by atoms with E-state index in [9.17, 15) is 9.59 Å². The smallest absolute Gasteiger partial charge is 0.266 e. The lowest BCUT2D eigenvalue weighted by Gasteiger charge is -2.08. The molecule has 5 nitrogen and oxygen atoms in total. The second-order valence-corrected chi connectivity index (χ2v) is 6.11. The van der Waals surface area contributed by atoms with E-state index in [0.717, 1.165) is 29.7 Å². The van der Waals surface area contributed by atoms with E-state index >= 15 is 0 Å². The summed E-state index contributed by atoms with van der Waals surface area (Å²) in [6, 6.07) is 11.3. The van der Waals surface area contributed by atoms with Gasteiger partial charge in [0.05, 0.1) is 18.7 Å². The van der Waals surface area contributed by atoms with E-state index < -0.39 is 0 Å². The quantitative estimate of drug-likeness (QED) is 0.884. The van der Waals surface area contributed by atoms with Crippen LogP contribution in [-0.4, -0.2) is 22.2 Å². The lowest BCUT2D eigenvalue weighted by atomic mass is 10.1. The third kappa shape index (κ3) is 4.28. The van der Waals surface area contributed by atoms with E-state index in [1.54, 1.807) is 6.07 Å². The number of benzene rings is 1. The molecular weight excluding hydrogens is 290 g/mol. The first-order valence-electron chi connectivity index (χ1n) is 8.02. The van der Waals surface area contributed by atoms with Crippen molar-refractivity contribution in [1.29, 1.82) is 0 Å². The van der Waals surface area contributed by atoms with Crippen molar-refractivity contribution >= 4 is 5.91 Å². The molecule has 1 fully saturated rings. The molecule has 0 aliphatic heterocycles. The van der Waals surface area contributed by atoms with Crippen LogP contribution in [0, 0.1) is 6.92 Å². The second-order valence-electron chi connectivity index (χ2n) is 6.11. The third-order valence-electron chi connectivity index (χ3n) is 3.98. The van der Waals surface area contributed by atoms with Gasteiger partial charge >= 0.3 is 0 Å². The normalized spacial score (nSPS) is 13.8. The fraction of sp³-hybridized carbons (Fsp3) is 0.389. The molecule has 1 aliphatic rings. The summed E-state index contributed by atoms with van der Waals surface area (Å²) in [5.74, 6) is 0.472. The first kappa shape index (κ1) is 15.5. The molecule has 0 spiro atoms. The van der Waals surface area contributed by atoms with Gasteiger partial charge in [-0.15, -0.1) is 0 Å². The lowest BCUT2D eigenvalue weighted by Crippen LogP contribution is -2.32. The van der Waals surface area contributed by atoms with Crippen LogP contribution >= 0.6 is 0 Å². The van der Waals surface area contributed by atoms with E-state index in [4.69, 9.17) is 0 Å². The minimum Gasteiger partial charge on any atom is -0.354 e. The molecule has 23 heavy (non-hydrogen) atoms. The number of hydrogen-bond acceptors (Lipinski definition) is 3. The van der Waals surface area contributed by atoms with Gasteiger partial charge in [-0.2, -0.15) is 5.10 Å². The molecule has 1 amide bonds. The fourth-order valence-electron chi connectivity index (χ4n) is 2.59. The van der Waals surface area contributed by atoms with Gasteiger partial charge in [-0.05, 0) is 31.4 Å². The number of rotatable bonds is 6. The van der Waals surface area contributed by atoms with E-state index in [0.29, 0.717) is 25.4 Å². The maximum Gasteiger partial charge on any atom is 0.266 e. The first-order chi connectivity index (χ1) is 11.1. The first-order valence-corrected chi connectivity index (χ1v) is 8.02. The number of nitrogens with one attached hydrogen (secondary N) is 1. The predicted octanol–water partition coefficient (Wildman–Crippen LogP) is 1.79. The average molecular weight is 311 g/mol. The molecule has 0 saturated heterocycles. The minimum absolute atomic E-state index is 0.0398. The third-order valence-corrected chi connectivity index (χ3v) is 3.98. The van der Waals surface area contributed by atoms with Gasteiger partial charge in [-0.1, -0.05) is 29.8 Å². The van der Waals surface area contributed by atoms with Crippen LogP contribution in [0.5, 0.6) is 0 Å². The lowest BCUT2D eigenvalue weighted by molar-refractivity contribution is -0.120. The van der Waals surface area contributed by atoms with Crippen molar-refractivity contribution in [3.63, 3.8) is 0 Å². The number of aryl methyl sites for hydroxylation is 1. The zero-order valence-corrected chi connectivity index (χ0v) is 13.3. The molecular formula is C18H21N3O2. The van der Waals surface area contributed by atoms with Crippen LogP contribution in [0.2, 0.25) is 0 Å². The summed E-state index contributed by atoms with van der Waals surface area (Å²) in [5.41, 5.74) is 2.99. The van der Waals surface area contributed by atoms with Crippen molar-refractivity contribution in [2.24, 2.45) is 0 Å². The number of carbonyl (C=O) groups excluding carboxylic acids is 1. The Morgan fingerprint density at radius 3 is 2.87 bits per heavy atom. The van der Waals surface area contributed by atoms with Crippen molar-refractivity contribution in [2.75, 3.05) is 6.54 Å². The van der Waals surface area contributed by atoms with E-state index in [-0.39, 0.29) is 11.5 Å². The van der Waals surface area contributed by atoms with Gasteiger partial charge in [0.2, 0.25) is 5.91 Å². The molecule has 1 heterocycles. The largest absolute Gasteiger partial charge is 0.354 e. The number of aromatic nitrogens is 2. The molecule has 1 aromatic heterocycles. The molecule has 0 bridgehead atoms. The molecule has 2 aromatic rings. The summed E-state index contributed by atoms with van der Waals surface area (Å²) < 4.78 is 1.45. The van der Waals surface area contributed by atoms with Gasteiger partial charge in [-0.3, -0.25) is 9.59 Å². The second kappa shape index (κ2) is 6.77. The molecule has 1 N–H and O–H groups in total. The number of nitrogens with zero attached hydrogens (tertiary/aromatic N) is 2. The Bertz CT molecular complexity index is 763. The maximum absolute atomic E-state index is 12.0. The van der Waals surface area contributed by atoms with E-state index in [1.807, 2.05) is 37.3 Å². The summed E-state index contributed by atoms with van der Waals surface area (Å²) in [6.07, 6.45) is 2.66. The van der Waals surface area contributed by atoms with Crippen LogP contribution < -0.4 is 10.9 Å². The molecule has 0 unspecified atom stereocenters. The molecule has 1 saturated carbocycles. The van der Waals surface area contributed by atoms with Gasteiger partial charge in [0.25, 0.3) is 5.56 Å². The minimum atomic E-state index is -0.123. The van der Waals surface area contributed by atoms with Crippen LogP contribution in [-0.2, 0) is 17.8 Å². The van der Waals surface area contributed by atoms with Gasteiger partial charge in [0.1, 0.15) is 0 Å². The van der Waals surface area contributed by atoms with Crippen LogP contribution in [0.4, 0.5) is 0 Å². The highest BCUT2D eigenvalue weighted by atomic mass is 16.1. The molecule has 1 aliphatic carbocycles. The summed E-state index contributed by atoms with van der Waals surface area (Å²) in [4.78, 5) is 23.8. The van der Waals surface area contributed by atoms with Gasteiger partial charge < -0.3 is 5.32 Å². The van der Waals surface area contributed by atoms with Gasteiger partial charge in [-0.25, -0.2) is 4.68 Å². The van der Waals surface area contributed by atoms with Gasteiger partial charge in [0, 0.05) is 18.5 Å². The van der Waals surface area contributed by atoms with E-state index in [2.05, 4.69) is 10.4 Å². The topological polar surface area (TPSA) is 64.0 Å². The number of amides is 1. The zero-order chi connectivity index (χ0) is 16.2. The number of hydrogen-bond donors (Lipinski definition) is 1. The Hall–Kier alpha value is -2.43. The van der Waals surface area contributed by atoms with Gasteiger partial charge in [0.15, 0.2) is 0 Å². The maximum atomic E-state index is 12.0. The highest BCUT2D eigenvalue weighted by Gasteiger charge is 2.25. The summed E-state index contributed by atoms with van der Waals surface area (Å²) in [5, 5.41) is 7.23. The van der Waals surface area contributed by atoms with Crippen LogP contribution in [0.1, 0.15) is 35.6 Å². The molecule has 3 rings (SSSR count). The Morgan fingerprint density at radius 2 is 2.13 bits per heavy atom. The summed E-state index contributed by atoms with van der Waals surface area (Å²) >= 11 is 0. The monoisotopic (exact) mass is 311 g/mol. The Kier molecular flexibility index (Phi) is 4.55. The predicted molar refractivity (Wildman–Crippen MR) is 88.4 cm³/mol. The Morgan fingerprint density at radius 1 is 1.30 bits per heavy atom. The van der Waals surface area contributed by atoms with Crippen molar-refractivity contribution < 1.29 is 4.79 Å². The van der Waals surface area contributed by atoms with Crippen LogP contribution in [0.3, 0.4) is 0 Å². The SMILES string of the molecule is Cc1cccc(CC(=O)NCCn2nc(C3CC3)ccc2=O)c1. The molecule has 1 aromatic carbocycles. The number of carbonyl (C=O) groups is 1. The highest BCUT2D eigenvalue weighted by molar-refractivity contribution is 5.78. The molecule has 120 valence electrons. The Balaban J connectivity index is 1.52. The van der Waals surface area contributed by atoms with Crippen molar-refractivity contribution in [3.8, 4) is 0 Å². The zero-order valence-electron chi connectivity index (χ0n) is 13.3. The van der Waals surface area contributed by atoms with Crippen molar-refractivity contribution in [2.45, 2.75) is 38.6 Å². The summed E-state index contributed by atoms with van der Waals surface area (Å²) in [7, 11) is 0. The van der Waals surface area contributed by atoms with Crippen LogP contribution in [0.15, 0.2) is 41.2 Å². The van der Waals surface area contributed by atoms with E-state index in [1.165, 1.54) is 4.68 Å². The highest BCUT2D eigenvalue weighted by Crippen LogP contribution is 2.38. The Labute approximate surface area is 135 Å². The van der Waals surface area contributed by atoms with Crippen molar-refractivity contribution in [3.05, 3.63) is 63.6 Å². The molecule has 0 atom stereocenters. The van der Waals surface area contributed by atoms with Crippen LogP contribution in [0.25, 0.3) is 0 Å². The fourth-order valence-corrected chi connectivity index (χ4v) is 2.59. The average Bonchev–Trinajstić information content (AvgIpc) is 3.34.